The highest BCUT2D eigenvalue weighted by Gasteiger charge is 2.42. The fraction of sp³-hybridized carbons (Fsp3) is 0.762. The van der Waals surface area contributed by atoms with Crippen LogP contribution >= 0.6 is 0 Å². The Morgan fingerprint density at radius 3 is 2.23 bits per heavy atom. The second-order valence-electron chi connectivity index (χ2n) is 9.45. The van der Waals surface area contributed by atoms with Gasteiger partial charge in [0, 0.05) is 44.7 Å². The monoisotopic (exact) mass is 502 g/mol. The Labute approximate surface area is 199 Å². The van der Waals surface area contributed by atoms with Crippen LogP contribution < -0.4 is 5.32 Å². The number of carboxylic acid groups (broad SMARTS) is 1. The van der Waals surface area contributed by atoms with E-state index in [1.165, 1.54) is 12.8 Å². The van der Waals surface area contributed by atoms with Gasteiger partial charge in [-0.05, 0) is 25.7 Å². The third-order valence-corrected chi connectivity index (χ3v) is 7.09. The Kier molecular flexibility index (Phi) is 7.31. The number of carbonyl (C=O) groups excluding carboxylic acids is 2. The van der Waals surface area contributed by atoms with Crippen molar-refractivity contribution in [2.45, 2.75) is 69.4 Å². The molecule has 3 fully saturated rings. The van der Waals surface area contributed by atoms with Gasteiger partial charge in [-0.3, -0.25) is 14.5 Å². The number of nitrogens with zero attached hydrogens (tertiary/aromatic N) is 5. The summed E-state index contributed by atoms with van der Waals surface area (Å²) in [6.45, 7) is 3.64. The van der Waals surface area contributed by atoms with Gasteiger partial charge in [0.2, 0.25) is 11.7 Å². The Hall–Kier alpha value is -2.74. The quantitative estimate of drug-likeness (QED) is 0.545. The predicted molar refractivity (Wildman–Crippen MR) is 113 cm³/mol. The van der Waals surface area contributed by atoms with Crippen molar-refractivity contribution in [1.82, 2.24) is 29.9 Å². The Balaban J connectivity index is 0.000000364. The van der Waals surface area contributed by atoms with E-state index >= 15 is 0 Å². The van der Waals surface area contributed by atoms with Crippen LogP contribution in [0.1, 0.15) is 61.0 Å². The van der Waals surface area contributed by atoms with Gasteiger partial charge >= 0.3 is 12.1 Å². The maximum absolute atomic E-state index is 12.7. The molecule has 0 bridgehead atoms. The molecule has 0 spiro atoms. The summed E-state index contributed by atoms with van der Waals surface area (Å²) in [5.41, 5.74) is 0. The van der Waals surface area contributed by atoms with Crippen molar-refractivity contribution >= 4 is 17.8 Å². The number of aliphatic carboxylic acids is 1. The Morgan fingerprint density at radius 1 is 1.00 bits per heavy atom. The smallest absolute Gasteiger partial charge is 0.475 e. The second kappa shape index (κ2) is 10.1. The average Bonchev–Trinajstić information content (AvgIpc) is 3.45. The van der Waals surface area contributed by atoms with Crippen LogP contribution in [0.3, 0.4) is 0 Å². The average molecular weight is 502 g/mol. The summed E-state index contributed by atoms with van der Waals surface area (Å²) >= 11 is 0. The molecule has 1 saturated heterocycles. The molecule has 2 aliphatic heterocycles. The maximum atomic E-state index is 12.7. The van der Waals surface area contributed by atoms with E-state index in [9.17, 15) is 27.9 Å². The molecule has 35 heavy (non-hydrogen) atoms. The van der Waals surface area contributed by atoms with Crippen molar-refractivity contribution in [2.24, 2.45) is 5.92 Å². The van der Waals surface area contributed by atoms with E-state index in [-0.39, 0.29) is 35.9 Å². The van der Waals surface area contributed by atoms with Crippen LogP contribution in [0, 0.1) is 5.92 Å². The highest BCUT2D eigenvalue weighted by atomic mass is 19.4. The first-order valence-electron chi connectivity index (χ1n) is 11.8. The molecule has 3 N–H and O–H groups in total. The molecule has 5 rings (SSSR count). The van der Waals surface area contributed by atoms with Crippen molar-refractivity contribution in [3.05, 3.63) is 11.6 Å². The number of carbonyl (C=O) groups is 3. The van der Waals surface area contributed by atoms with Crippen molar-refractivity contribution in [3.8, 4) is 0 Å². The van der Waals surface area contributed by atoms with Gasteiger partial charge in [-0.15, -0.1) is 10.2 Å². The lowest BCUT2D eigenvalue weighted by Crippen LogP contribution is -2.56. The van der Waals surface area contributed by atoms with Gasteiger partial charge in [0.15, 0.2) is 5.82 Å². The van der Waals surface area contributed by atoms with Gasteiger partial charge < -0.3 is 25.0 Å². The molecular formula is C21H29F3N6O5. The number of halogens is 3. The molecule has 1 aromatic rings. The second-order valence-corrected chi connectivity index (χ2v) is 9.45. The third kappa shape index (κ3) is 5.58. The summed E-state index contributed by atoms with van der Waals surface area (Å²) in [5, 5.41) is 28.3. The van der Waals surface area contributed by atoms with Gasteiger partial charge in [0.1, 0.15) is 0 Å². The number of nitrogens with one attached hydrogen (secondary N) is 1. The minimum atomic E-state index is -5.08. The number of hydrogen-bond acceptors (Lipinski definition) is 7. The molecule has 2 aliphatic carbocycles. The molecule has 4 aliphatic rings. The minimum absolute atomic E-state index is 0.0167. The number of amides is 2. The molecule has 1 atom stereocenters. The van der Waals surface area contributed by atoms with Gasteiger partial charge in [-0.1, -0.05) is 12.8 Å². The van der Waals surface area contributed by atoms with Crippen LogP contribution in [-0.4, -0.2) is 97.1 Å². The number of alkyl halides is 3. The number of piperazine rings is 1. The first kappa shape index (κ1) is 25.4. The van der Waals surface area contributed by atoms with Crippen molar-refractivity contribution in [3.63, 3.8) is 0 Å². The lowest BCUT2D eigenvalue weighted by molar-refractivity contribution is -0.192. The first-order chi connectivity index (χ1) is 16.5. The van der Waals surface area contributed by atoms with Gasteiger partial charge in [0.05, 0.1) is 12.1 Å². The van der Waals surface area contributed by atoms with E-state index in [4.69, 9.17) is 9.90 Å². The lowest BCUT2D eigenvalue weighted by Gasteiger charge is -2.45. The molecule has 14 heteroatoms. The topological polar surface area (TPSA) is 141 Å². The number of aliphatic hydroxyl groups excluding tert-OH is 1. The van der Waals surface area contributed by atoms with E-state index in [0.29, 0.717) is 38.3 Å². The van der Waals surface area contributed by atoms with Gasteiger partial charge in [-0.25, -0.2) is 4.79 Å². The number of carboxylic acids is 1. The Morgan fingerprint density at radius 2 is 1.63 bits per heavy atom. The fourth-order valence-corrected chi connectivity index (χ4v) is 5.08. The molecule has 2 amide bonds. The SMILES string of the molecule is O=C(NC1CCCC1)c1nnc2n1CCN1CCN(C(=O)C3CC(O)C3)CC21.O=C(O)C(F)(F)F. The van der Waals surface area contributed by atoms with Crippen molar-refractivity contribution in [1.29, 1.82) is 0 Å². The lowest BCUT2D eigenvalue weighted by atomic mass is 9.81. The molecule has 2 saturated carbocycles. The van der Waals surface area contributed by atoms with Gasteiger partial charge in [-0.2, -0.15) is 13.2 Å². The number of fused-ring (bicyclic) bond motifs is 3. The molecule has 0 aromatic carbocycles. The highest BCUT2D eigenvalue weighted by Crippen LogP contribution is 2.33. The minimum Gasteiger partial charge on any atom is -0.475 e. The fourth-order valence-electron chi connectivity index (χ4n) is 5.08. The first-order valence-corrected chi connectivity index (χ1v) is 11.8. The molecule has 1 unspecified atom stereocenters. The van der Waals surface area contributed by atoms with Crippen LogP contribution in [0.25, 0.3) is 0 Å². The third-order valence-electron chi connectivity index (χ3n) is 7.09. The molecular weight excluding hydrogens is 473 g/mol. The summed E-state index contributed by atoms with van der Waals surface area (Å²) in [6, 6.07) is 0.234. The number of aliphatic hydroxyl groups is 1. The zero-order valence-corrected chi connectivity index (χ0v) is 19.1. The predicted octanol–water partition coefficient (Wildman–Crippen LogP) is 0.554. The van der Waals surface area contributed by atoms with Crippen molar-refractivity contribution in [2.75, 3.05) is 26.2 Å². The summed E-state index contributed by atoms with van der Waals surface area (Å²) in [5.74, 6) is -1.61. The summed E-state index contributed by atoms with van der Waals surface area (Å²) in [7, 11) is 0. The van der Waals surface area contributed by atoms with Crippen LogP contribution in [-0.2, 0) is 16.1 Å². The highest BCUT2D eigenvalue weighted by molar-refractivity contribution is 5.91. The number of rotatable bonds is 3. The van der Waals surface area contributed by atoms with Crippen LogP contribution in [0.2, 0.25) is 0 Å². The summed E-state index contributed by atoms with van der Waals surface area (Å²) in [6.07, 6.45) is 0.154. The normalized spacial score (nSPS) is 26.6. The van der Waals surface area contributed by atoms with E-state index in [0.717, 1.165) is 31.8 Å². The molecule has 3 heterocycles. The zero-order valence-electron chi connectivity index (χ0n) is 19.1. The van der Waals surface area contributed by atoms with E-state index in [1.54, 1.807) is 0 Å². The summed E-state index contributed by atoms with van der Waals surface area (Å²) in [4.78, 5) is 38.5. The van der Waals surface area contributed by atoms with Crippen LogP contribution in [0.15, 0.2) is 0 Å². The largest absolute Gasteiger partial charge is 0.490 e. The Bertz CT molecular complexity index is 958. The van der Waals surface area contributed by atoms with E-state index in [2.05, 4.69) is 20.4 Å². The van der Waals surface area contributed by atoms with Crippen LogP contribution in [0.5, 0.6) is 0 Å². The molecule has 11 nitrogen and oxygen atoms in total. The van der Waals surface area contributed by atoms with Gasteiger partial charge in [0.25, 0.3) is 5.91 Å². The zero-order chi connectivity index (χ0) is 25.3. The molecule has 0 radical (unpaired) electrons. The summed E-state index contributed by atoms with van der Waals surface area (Å²) < 4.78 is 33.7. The standard InChI is InChI=1S/C19H28N6O3.C2HF3O2/c26-14-9-12(10-14)19(28)24-6-5-23-7-8-25-16(15(23)11-24)21-22-17(25)18(27)20-13-3-1-2-4-13;3-2(4,5)1(6)7/h12-15,26H,1-11H2,(H,20,27);(H,6,7). The molecule has 194 valence electrons. The van der Waals surface area contributed by atoms with E-state index in [1.807, 2.05) is 9.47 Å². The number of aromatic nitrogens is 3. The van der Waals surface area contributed by atoms with Crippen LogP contribution in [0.4, 0.5) is 13.2 Å². The van der Waals surface area contributed by atoms with Crippen molar-refractivity contribution < 1.29 is 37.8 Å². The molecule has 1 aromatic heterocycles. The maximum Gasteiger partial charge on any atom is 0.490 e. The number of hydrogen-bond donors (Lipinski definition) is 3. The van der Waals surface area contributed by atoms with E-state index < -0.39 is 12.1 Å².